The number of hydrogen-bond donors (Lipinski definition) is 0. The van der Waals surface area contributed by atoms with Crippen molar-refractivity contribution in [1.29, 1.82) is 0 Å². The first-order valence-electron chi connectivity index (χ1n) is 7.81. The molecular weight excluding hydrogens is 370 g/mol. The zero-order valence-electron chi connectivity index (χ0n) is 13.1. The van der Waals surface area contributed by atoms with Gasteiger partial charge >= 0.3 is 0 Å². The van der Waals surface area contributed by atoms with Gasteiger partial charge in [0.05, 0.1) is 10.6 Å². The van der Waals surface area contributed by atoms with Crippen LogP contribution in [0.15, 0.2) is 53.3 Å². The lowest BCUT2D eigenvalue weighted by atomic mass is 9.91. The number of ketones is 2. The molecule has 26 heavy (non-hydrogen) atoms. The van der Waals surface area contributed by atoms with E-state index in [4.69, 9.17) is 11.6 Å². The Hall–Kier alpha value is -2.89. The van der Waals surface area contributed by atoms with E-state index in [1.807, 2.05) is 0 Å². The fraction of sp³-hybridized carbons (Fsp3) is 0. The highest BCUT2D eigenvalue weighted by Crippen LogP contribution is 2.40. The summed E-state index contributed by atoms with van der Waals surface area (Å²) in [5.41, 5.74) is 0.977. The van der Waals surface area contributed by atoms with Gasteiger partial charge in [-0.05, 0) is 0 Å². The van der Waals surface area contributed by atoms with Gasteiger partial charge in [0.25, 0.3) is 0 Å². The Morgan fingerprint density at radius 3 is 2.08 bits per heavy atom. The van der Waals surface area contributed by atoms with Gasteiger partial charge in [-0.2, -0.15) is 0 Å². The van der Waals surface area contributed by atoms with Gasteiger partial charge < -0.3 is 0 Å². The van der Waals surface area contributed by atoms with E-state index in [-0.39, 0.29) is 32.6 Å². The molecule has 0 aromatic heterocycles. The molecule has 0 saturated heterocycles. The second-order valence-corrected chi connectivity index (χ2v) is 7.36. The lowest BCUT2D eigenvalue weighted by Crippen LogP contribution is -2.22. The third-order valence-corrected chi connectivity index (χ3v) is 6.18. The van der Waals surface area contributed by atoms with Crippen molar-refractivity contribution in [1.82, 2.24) is 4.98 Å². The van der Waals surface area contributed by atoms with E-state index in [2.05, 4.69) is 4.98 Å². The van der Waals surface area contributed by atoms with E-state index in [9.17, 15) is 14.4 Å². The number of nitrogens with zero attached hydrogens (tertiary/aromatic N) is 1. The fourth-order valence-electron chi connectivity index (χ4n) is 3.29. The summed E-state index contributed by atoms with van der Waals surface area (Å²) in [5, 5.41) is 1.09. The van der Waals surface area contributed by atoms with E-state index >= 15 is 0 Å². The molecule has 5 rings (SSSR count). The Bertz CT molecular complexity index is 1310. The van der Waals surface area contributed by atoms with Crippen LogP contribution in [0.1, 0.15) is 31.3 Å². The third-order valence-electron chi connectivity index (χ3n) is 4.52. The molecule has 0 fully saturated rings. The number of aromatic nitrogens is 1. The quantitative estimate of drug-likeness (QED) is 0.379. The lowest BCUT2D eigenvalue weighted by Gasteiger charge is -2.19. The van der Waals surface area contributed by atoms with Crippen molar-refractivity contribution in [3.63, 3.8) is 0 Å². The molecule has 0 radical (unpaired) electrons. The van der Waals surface area contributed by atoms with Gasteiger partial charge in [-0.15, -0.1) is 11.3 Å². The largest absolute Gasteiger partial charge is 0.288 e. The molecule has 0 saturated carbocycles. The molecule has 1 aliphatic heterocycles. The molecule has 124 valence electrons. The van der Waals surface area contributed by atoms with Gasteiger partial charge in [-0.3, -0.25) is 14.4 Å². The van der Waals surface area contributed by atoms with Crippen molar-refractivity contribution in [3.8, 4) is 10.6 Å². The summed E-state index contributed by atoms with van der Waals surface area (Å²) in [6.07, 6.45) is 0. The van der Waals surface area contributed by atoms with E-state index in [0.717, 1.165) is 11.3 Å². The van der Waals surface area contributed by atoms with Crippen LogP contribution in [0.25, 0.3) is 21.3 Å². The highest BCUT2D eigenvalue weighted by atomic mass is 35.5. The van der Waals surface area contributed by atoms with Crippen LogP contribution in [0.5, 0.6) is 0 Å². The minimum atomic E-state index is -0.303. The highest BCUT2D eigenvalue weighted by molar-refractivity contribution is 7.18. The first-order valence-corrected chi connectivity index (χ1v) is 9.01. The standard InChI is InChI=1S/C20H8ClNO3S/c21-13-16(23)10-6-2-1-5-9(10)14-19(13)26-20-15(22-14)17(24)11-7-3-4-8-12(11)18(20)25/h1-8H. The number of halogens is 1. The molecule has 1 heterocycles. The monoisotopic (exact) mass is 377 g/mol. The zero-order chi connectivity index (χ0) is 18.0. The molecule has 6 heteroatoms. The van der Waals surface area contributed by atoms with Gasteiger partial charge in [-0.1, -0.05) is 60.1 Å². The smallest absolute Gasteiger partial charge is 0.213 e. The average Bonchev–Trinajstić information content (AvgIpc) is 2.69. The van der Waals surface area contributed by atoms with Gasteiger partial charge in [-0.25, -0.2) is 4.98 Å². The predicted molar refractivity (Wildman–Crippen MR) is 101 cm³/mol. The summed E-state index contributed by atoms with van der Waals surface area (Å²) in [6, 6.07) is 13.7. The average molecular weight is 378 g/mol. The van der Waals surface area contributed by atoms with Crippen molar-refractivity contribution in [3.05, 3.63) is 85.5 Å². The Morgan fingerprint density at radius 1 is 0.731 bits per heavy atom. The first-order chi connectivity index (χ1) is 12.6. The topological polar surface area (TPSA) is 64.1 Å². The van der Waals surface area contributed by atoms with Crippen molar-refractivity contribution in [2.75, 3.05) is 0 Å². The minimum Gasteiger partial charge on any atom is -0.288 e. The van der Waals surface area contributed by atoms with Crippen LogP contribution in [-0.4, -0.2) is 16.6 Å². The fourth-order valence-corrected chi connectivity index (χ4v) is 4.67. The number of carbonyl (C=O) groups excluding carboxylic acids is 2. The Balaban J connectivity index is 1.95. The summed E-state index contributed by atoms with van der Waals surface area (Å²) >= 11 is 7.35. The molecule has 4 nitrogen and oxygen atoms in total. The number of fused-ring (bicyclic) bond motifs is 5. The maximum absolute atomic E-state index is 12.9. The summed E-state index contributed by atoms with van der Waals surface area (Å²) in [7, 11) is 0. The predicted octanol–water partition coefficient (Wildman–Crippen LogP) is 4.19. The molecule has 0 unspecified atom stereocenters. The van der Waals surface area contributed by atoms with Crippen LogP contribution in [0.3, 0.4) is 0 Å². The van der Waals surface area contributed by atoms with E-state index in [0.29, 0.717) is 32.5 Å². The molecular formula is C20H8ClNO3S. The summed E-state index contributed by atoms with van der Waals surface area (Å²) in [5.74, 6) is -0.564. The second-order valence-electron chi connectivity index (χ2n) is 5.96. The van der Waals surface area contributed by atoms with Crippen molar-refractivity contribution in [2.45, 2.75) is 0 Å². The second kappa shape index (κ2) is 5.30. The third kappa shape index (κ3) is 1.90. The van der Waals surface area contributed by atoms with Gasteiger partial charge in [0, 0.05) is 21.9 Å². The Kier molecular flexibility index (Phi) is 3.13. The van der Waals surface area contributed by atoms with Crippen molar-refractivity contribution >= 4 is 45.3 Å². The Morgan fingerprint density at radius 2 is 1.35 bits per heavy atom. The van der Waals surface area contributed by atoms with Crippen molar-refractivity contribution < 1.29 is 9.59 Å². The van der Waals surface area contributed by atoms with Crippen LogP contribution in [0, 0.1) is 0 Å². The van der Waals surface area contributed by atoms with E-state index in [1.165, 1.54) is 0 Å². The number of rotatable bonds is 0. The molecule has 3 aliphatic rings. The van der Waals surface area contributed by atoms with Crippen LogP contribution in [-0.2, 0) is 0 Å². The lowest BCUT2D eigenvalue weighted by molar-refractivity contribution is 0.0978. The SMILES string of the molecule is O=C1c2ccccc2C(=O)c2sc3c(Cl)c(=O)c4ccccc4c-3nc21. The number of benzene rings is 3. The molecule has 2 aromatic rings. The van der Waals surface area contributed by atoms with Crippen LogP contribution in [0.2, 0.25) is 5.02 Å². The maximum atomic E-state index is 12.9. The molecule has 0 bridgehead atoms. The first kappa shape index (κ1) is 15.4. The molecule has 0 amide bonds. The number of carbonyl (C=O) groups is 2. The molecule has 0 atom stereocenters. The molecule has 2 aliphatic carbocycles. The zero-order valence-corrected chi connectivity index (χ0v) is 14.6. The Labute approximate surface area is 156 Å². The normalized spacial score (nSPS) is 13.1. The maximum Gasteiger partial charge on any atom is 0.213 e. The van der Waals surface area contributed by atoms with Crippen LogP contribution < -0.4 is 5.43 Å². The van der Waals surface area contributed by atoms with Gasteiger partial charge in [0.1, 0.15) is 15.6 Å². The molecule has 0 spiro atoms. The van der Waals surface area contributed by atoms with E-state index < -0.39 is 0 Å². The number of hydrogen-bond acceptors (Lipinski definition) is 5. The summed E-state index contributed by atoms with van der Waals surface area (Å²) < 4.78 is 0. The summed E-state index contributed by atoms with van der Waals surface area (Å²) in [4.78, 5) is 43.4. The van der Waals surface area contributed by atoms with Crippen LogP contribution >= 0.6 is 22.9 Å². The molecule has 2 aromatic carbocycles. The van der Waals surface area contributed by atoms with Gasteiger partial charge in [0.15, 0.2) is 0 Å². The minimum absolute atomic E-state index is 0.0260. The van der Waals surface area contributed by atoms with E-state index in [1.54, 1.807) is 48.5 Å². The highest BCUT2D eigenvalue weighted by Gasteiger charge is 2.34. The van der Waals surface area contributed by atoms with Gasteiger partial charge in [0.2, 0.25) is 17.0 Å². The molecule has 0 N–H and O–H groups in total. The summed E-state index contributed by atoms with van der Waals surface area (Å²) in [6.45, 7) is 0. The van der Waals surface area contributed by atoms with Crippen molar-refractivity contribution in [2.24, 2.45) is 0 Å². The van der Waals surface area contributed by atoms with Crippen LogP contribution in [0.4, 0.5) is 0 Å².